The van der Waals surface area contributed by atoms with E-state index in [9.17, 15) is 0 Å². The fraction of sp³-hybridized carbons (Fsp3) is 0.235. The predicted molar refractivity (Wildman–Crippen MR) is 111 cm³/mol. The van der Waals surface area contributed by atoms with Crippen molar-refractivity contribution in [3.05, 3.63) is 46.9 Å². The molecular formula is C17H17ClN6OS2. The van der Waals surface area contributed by atoms with Gasteiger partial charge in [0.2, 0.25) is 5.89 Å². The Kier molecular flexibility index (Phi) is 6.59. The molecule has 0 unspecified atom stereocenters. The molecule has 2 N–H and O–H groups in total. The van der Waals surface area contributed by atoms with E-state index in [4.69, 9.17) is 28.2 Å². The van der Waals surface area contributed by atoms with Crippen LogP contribution in [0, 0.1) is 6.92 Å². The summed E-state index contributed by atoms with van der Waals surface area (Å²) in [6.07, 6.45) is 1.77. The summed E-state index contributed by atoms with van der Waals surface area (Å²) >= 11 is 12.5. The number of aromatic nitrogens is 4. The van der Waals surface area contributed by atoms with E-state index >= 15 is 0 Å². The maximum Gasteiger partial charge on any atom is 0.277 e. The largest absolute Gasteiger partial charge is 0.411 e. The highest BCUT2D eigenvalue weighted by atomic mass is 35.5. The van der Waals surface area contributed by atoms with Crippen LogP contribution < -0.4 is 10.6 Å². The van der Waals surface area contributed by atoms with Crippen LogP contribution in [0.15, 0.2) is 40.1 Å². The first-order valence-corrected chi connectivity index (χ1v) is 9.92. The molecule has 0 spiro atoms. The highest BCUT2D eigenvalue weighted by Crippen LogP contribution is 2.28. The van der Waals surface area contributed by atoms with Crippen molar-refractivity contribution in [3.8, 4) is 11.5 Å². The van der Waals surface area contributed by atoms with E-state index in [1.807, 2.05) is 26.0 Å². The first-order valence-electron chi connectivity index (χ1n) is 8.14. The molecule has 0 fully saturated rings. The number of thiocarbonyl (C=S) groups is 1. The number of hydrogen-bond acceptors (Lipinski definition) is 7. The Morgan fingerprint density at radius 3 is 2.78 bits per heavy atom. The summed E-state index contributed by atoms with van der Waals surface area (Å²) in [4.78, 5) is 8.69. The minimum absolute atomic E-state index is 0.445. The summed E-state index contributed by atoms with van der Waals surface area (Å²) in [7, 11) is 0. The van der Waals surface area contributed by atoms with Crippen LogP contribution in [0.1, 0.15) is 18.3 Å². The average molecular weight is 421 g/mol. The van der Waals surface area contributed by atoms with Crippen molar-refractivity contribution < 1.29 is 4.42 Å². The number of thioether (sulfide) groups is 1. The summed E-state index contributed by atoms with van der Waals surface area (Å²) in [5.74, 6) is 2.33. The van der Waals surface area contributed by atoms with E-state index in [-0.39, 0.29) is 0 Å². The van der Waals surface area contributed by atoms with Crippen LogP contribution in [-0.4, -0.2) is 31.8 Å². The van der Waals surface area contributed by atoms with Crippen molar-refractivity contribution >= 4 is 46.5 Å². The fourth-order valence-corrected chi connectivity index (χ4v) is 3.23. The van der Waals surface area contributed by atoms with Gasteiger partial charge in [-0.15, -0.1) is 10.2 Å². The van der Waals surface area contributed by atoms with Crippen LogP contribution in [0.5, 0.6) is 0 Å². The minimum atomic E-state index is 0.445. The standard InChI is InChI=1S/C17H17ClN6OS2/c1-3-19-16(26)22-14-12(8-20-10(2)21-14)9-27-17-24-23-15(25-17)11-4-6-13(18)7-5-11/h4-8H,3,9H2,1-2H3,(H2,19,20,21,22,26). The third kappa shape index (κ3) is 5.38. The number of hydrogen-bond donors (Lipinski definition) is 2. The first kappa shape index (κ1) is 19.5. The average Bonchev–Trinajstić information content (AvgIpc) is 3.11. The summed E-state index contributed by atoms with van der Waals surface area (Å²) in [6, 6.07) is 7.23. The molecule has 27 heavy (non-hydrogen) atoms. The van der Waals surface area contributed by atoms with E-state index in [2.05, 4.69) is 30.8 Å². The molecule has 0 atom stereocenters. The minimum Gasteiger partial charge on any atom is -0.411 e. The van der Waals surface area contributed by atoms with Gasteiger partial charge in [-0.05, 0) is 50.3 Å². The molecule has 3 rings (SSSR count). The molecule has 0 radical (unpaired) electrons. The number of anilines is 1. The van der Waals surface area contributed by atoms with Crippen molar-refractivity contribution in [2.75, 3.05) is 11.9 Å². The Morgan fingerprint density at radius 1 is 1.26 bits per heavy atom. The number of halogens is 1. The number of nitrogens with zero attached hydrogens (tertiary/aromatic N) is 4. The van der Waals surface area contributed by atoms with Crippen molar-refractivity contribution in [2.45, 2.75) is 24.8 Å². The van der Waals surface area contributed by atoms with E-state index in [1.54, 1.807) is 18.3 Å². The molecule has 0 aliphatic carbocycles. The lowest BCUT2D eigenvalue weighted by atomic mass is 10.2. The molecule has 0 saturated heterocycles. The fourth-order valence-electron chi connectivity index (χ4n) is 2.14. The molecule has 0 aliphatic heterocycles. The number of benzene rings is 1. The lowest BCUT2D eigenvalue weighted by molar-refractivity contribution is 0.466. The van der Waals surface area contributed by atoms with Gasteiger partial charge < -0.3 is 15.1 Å². The molecule has 7 nitrogen and oxygen atoms in total. The van der Waals surface area contributed by atoms with E-state index in [1.165, 1.54) is 11.8 Å². The van der Waals surface area contributed by atoms with Crippen LogP contribution in [0.25, 0.3) is 11.5 Å². The maximum atomic E-state index is 5.90. The molecule has 0 amide bonds. The molecular weight excluding hydrogens is 404 g/mol. The Morgan fingerprint density at radius 2 is 2.04 bits per heavy atom. The molecule has 3 aromatic rings. The molecule has 2 aromatic heterocycles. The lowest BCUT2D eigenvalue weighted by Crippen LogP contribution is -2.29. The van der Waals surface area contributed by atoms with E-state index in [0.717, 1.165) is 17.7 Å². The number of rotatable bonds is 6. The summed E-state index contributed by atoms with van der Waals surface area (Å²) in [5.41, 5.74) is 1.70. The van der Waals surface area contributed by atoms with Crippen LogP contribution in [-0.2, 0) is 5.75 Å². The van der Waals surface area contributed by atoms with Crippen LogP contribution in [0.3, 0.4) is 0 Å². The quantitative estimate of drug-likeness (QED) is 0.452. The molecule has 10 heteroatoms. The molecule has 2 heterocycles. The summed E-state index contributed by atoms with van der Waals surface area (Å²) in [5, 5.41) is 15.9. The second-order valence-corrected chi connectivity index (χ2v) is 7.22. The maximum absolute atomic E-state index is 5.90. The normalized spacial score (nSPS) is 10.6. The van der Waals surface area contributed by atoms with Gasteiger partial charge in [-0.1, -0.05) is 23.4 Å². The highest BCUT2D eigenvalue weighted by molar-refractivity contribution is 7.98. The van der Waals surface area contributed by atoms with E-state index < -0.39 is 0 Å². The monoisotopic (exact) mass is 420 g/mol. The van der Waals surface area contributed by atoms with Gasteiger partial charge in [-0.3, -0.25) is 0 Å². The van der Waals surface area contributed by atoms with Crippen LogP contribution in [0.2, 0.25) is 5.02 Å². The first-order chi connectivity index (χ1) is 13.0. The predicted octanol–water partition coefficient (Wildman–Crippen LogP) is 4.09. The van der Waals surface area contributed by atoms with Gasteiger partial charge in [-0.2, -0.15) is 0 Å². The highest BCUT2D eigenvalue weighted by Gasteiger charge is 2.12. The van der Waals surface area contributed by atoms with Gasteiger partial charge in [0.05, 0.1) is 0 Å². The zero-order chi connectivity index (χ0) is 19.2. The number of nitrogens with one attached hydrogen (secondary N) is 2. The summed E-state index contributed by atoms with van der Waals surface area (Å²) < 4.78 is 5.71. The topological polar surface area (TPSA) is 88.8 Å². The van der Waals surface area contributed by atoms with Gasteiger partial charge in [0.25, 0.3) is 5.22 Å². The molecule has 0 bridgehead atoms. The van der Waals surface area contributed by atoms with Gasteiger partial charge in [0.15, 0.2) is 5.11 Å². The van der Waals surface area contributed by atoms with Gasteiger partial charge in [0.1, 0.15) is 11.6 Å². The molecule has 1 aromatic carbocycles. The molecule has 0 aliphatic rings. The Hall–Kier alpha value is -2.23. The van der Waals surface area contributed by atoms with Crippen molar-refractivity contribution in [1.82, 2.24) is 25.5 Å². The molecule has 140 valence electrons. The number of aryl methyl sites for hydroxylation is 1. The summed E-state index contributed by atoms with van der Waals surface area (Å²) in [6.45, 7) is 4.54. The lowest BCUT2D eigenvalue weighted by Gasteiger charge is -2.12. The van der Waals surface area contributed by atoms with Gasteiger partial charge in [0, 0.05) is 34.6 Å². The van der Waals surface area contributed by atoms with Gasteiger partial charge >= 0.3 is 0 Å². The van der Waals surface area contributed by atoms with Crippen LogP contribution in [0.4, 0.5) is 5.82 Å². The smallest absolute Gasteiger partial charge is 0.277 e. The van der Waals surface area contributed by atoms with Crippen molar-refractivity contribution in [2.24, 2.45) is 0 Å². The third-order valence-corrected chi connectivity index (χ3v) is 4.77. The second-order valence-electron chi connectivity index (χ2n) is 5.44. The zero-order valence-corrected chi connectivity index (χ0v) is 17.1. The zero-order valence-electron chi connectivity index (χ0n) is 14.7. The Balaban J connectivity index is 1.70. The second kappa shape index (κ2) is 9.12. The molecule has 0 saturated carbocycles. The van der Waals surface area contributed by atoms with Crippen molar-refractivity contribution in [3.63, 3.8) is 0 Å². The Bertz CT molecular complexity index is 931. The Labute approximate surface area is 171 Å². The van der Waals surface area contributed by atoms with Gasteiger partial charge in [-0.25, -0.2) is 9.97 Å². The van der Waals surface area contributed by atoms with Crippen molar-refractivity contribution in [1.29, 1.82) is 0 Å². The SMILES string of the molecule is CCNC(=S)Nc1nc(C)ncc1CSc1nnc(-c2ccc(Cl)cc2)o1. The van der Waals surface area contributed by atoms with Crippen LogP contribution >= 0.6 is 35.6 Å². The van der Waals surface area contributed by atoms with E-state index in [0.29, 0.717) is 38.6 Å². The third-order valence-electron chi connectivity index (χ3n) is 3.40.